The van der Waals surface area contributed by atoms with Crippen LogP contribution in [-0.4, -0.2) is 32.4 Å². The lowest BCUT2D eigenvalue weighted by Crippen LogP contribution is -2.06. The fraction of sp³-hybridized carbons (Fsp3) is 0.440. The van der Waals surface area contributed by atoms with Gasteiger partial charge in [0.25, 0.3) is 0 Å². The summed E-state index contributed by atoms with van der Waals surface area (Å²) in [5.74, 6) is -1.02. The Morgan fingerprint density at radius 2 is 1.77 bits per heavy atom. The predicted molar refractivity (Wildman–Crippen MR) is 119 cm³/mol. The lowest BCUT2D eigenvalue weighted by molar-refractivity contribution is 0.0696. The van der Waals surface area contributed by atoms with E-state index in [0.717, 1.165) is 25.0 Å². The molecule has 0 fully saturated rings. The molecule has 5 nitrogen and oxygen atoms in total. The Morgan fingerprint density at radius 1 is 1.03 bits per heavy atom. The van der Waals surface area contributed by atoms with Crippen LogP contribution >= 0.6 is 0 Å². The van der Waals surface area contributed by atoms with Crippen LogP contribution in [0.2, 0.25) is 0 Å². The second-order valence-corrected chi connectivity index (χ2v) is 7.69. The van der Waals surface area contributed by atoms with Crippen LogP contribution in [0.4, 0.5) is 0 Å². The number of benzene rings is 1. The quantitative estimate of drug-likeness (QED) is 0.395. The molecule has 0 spiro atoms. The molecule has 0 saturated carbocycles. The van der Waals surface area contributed by atoms with Crippen molar-refractivity contribution in [3.63, 3.8) is 0 Å². The highest BCUT2D eigenvalue weighted by Crippen LogP contribution is 2.19. The first kappa shape index (κ1) is 23.8. The van der Waals surface area contributed by atoms with Gasteiger partial charge in [0.15, 0.2) is 0 Å². The predicted octanol–water partition coefficient (Wildman–Crippen LogP) is 5.18. The normalized spacial score (nSPS) is 13.4. The fourth-order valence-corrected chi connectivity index (χ4v) is 3.34. The van der Waals surface area contributed by atoms with E-state index >= 15 is 0 Å². The molecule has 2 aromatic rings. The number of aliphatic hydroxyl groups is 2. The van der Waals surface area contributed by atoms with Crippen molar-refractivity contribution >= 4 is 12.0 Å². The van der Waals surface area contributed by atoms with Gasteiger partial charge >= 0.3 is 5.97 Å². The maximum Gasteiger partial charge on any atom is 0.335 e. The molecule has 0 amide bonds. The van der Waals surface area contributed by atoms with E-state index in [1.807, 2.05) is 24.3 Å². The Kier molecular flexibility index (Phi) is 10.3. The lowest BCUT2D eigenvalue weighted by Gasteiger charge is -2.12. The Bertz CT molecular complexity index is 818. The third-order valence-electron chi connectivity index (χ3n) is 5.09. The van der Waals surface area contributed by atoms with Crippen molar-refractivity contribution < 1.29 is 20.1 Å². The average molecular weight is 412 g/mol. The summed E-state index contributed by atoms with van der Waals surface area (Å²) in [6, 6.07) is 11.9. The van der Waals surface area contributed by atoms with Gasteiger partial charge in [-0.05, 0) is 42.3 Å². The number of hydrogen-bond acceptors (Lipinski definition) is 4. The van der Waals surface area contributed by atoms with Gasteiger partial charge in [-0.25, -0.2) is 4.79 Å². The molecular formula is C25H33NO4. The summed E-state index contributed by atoms with van der Waals surface area (Å²) in [7, 11) is 0. The fourth-order valence-electron chi connectivity index (χ4n) is 3.34. The van der Waals surface area contributed by atoms with E-state index in [1.165, 1.54) is 37.8 Å². The monoisotopic (exact) mass is 411 g/mol. The van der Waals surface area contributed by atoms with Gasteiger partial charge in [0.05, 0.1) is 23.5 Å². The number of rotatable bonds is 13. The van der Waals surface area contributed by atoms with E-state index in [-0.39, 0.29) is 12.0 Å². The maximum atomic E-state index is 11.1. The van der Waals surface area contributed by atoms with Crippen LogP contribution < -0.4 is 0 Å². The first-order valence-electron chi connectivity index (χ1n) is 10.8. The van der Waals surface area contributed by atoms with E-state index in [2.05, 4.69) is 11.9 Å². The smallest absolute Gasteiger partial charge is 0.335 e. The molecule has 1 aromatic carbocycles. The number of carboxylic acids is 1. The SMILES string of the molecule is CCCCCCCCC(O)C=Cc1cccc(CC(O)c2cccc(C(=O)O)c2)n1. The molecule has 30 heavy (non-hydrogen) atoms. The van der Waals surface area contributed by atoms with Crippen LogP contribution in [0.25, 0.3) is 6.08 Å². The van der Waals surface area contributed by atoms with Crippen LogP contribution in [0.15, 0.2) is 48.5 Å². The number of hydrogen-bond donors (Lipinski definition) is 3. The van der Waals surface area contributed by atoms with E-state index in [0.29, 0.717) is 11.3 Å². The van der Waals surface area contributed by atoms with Crippen molar-refractivity contribution in [1.82, 2.24) is 4.98 Å². The van der Waals surface area contributed by atoms with Gasteiger partial charge in [0, 0.05) is 12.1 Å². The zero-order chi connectivity index (χ0) is 21.8. The number of pyridine rings is 1. The van der Waals surface area contributed by atoms with Crippen molar-refractivity contribution in [3.05, 3.63) is 71.1 Å². The Morgan fingerprint density at radius 3 is 2.53 bits per heavy atom. The van der Waals surface area contributed by atoms with Crippen LogP contribution in [0.5, 0.6) is 0 Å². The molecule has 0 aliphatic carbocycles. The zero-order valence-electron chi connectivity index (χ0n) is 17.7. The Balaban J connectivity index is 1.87. The Hall–Kier alpha value is -2.50. The van der Waals surface area contributed by atoms with Gasteiger partial charge in [-0.1, -0.05) is 69.7 Å². The molecule has 1 aromatic heterocycles. The molecule has 1 heterocycles. The highest BCUT2D eigenvalue weighted by molar-refractivity contribution is 5.87. The number of carbonyl (C=O) groups is 1. The molecule has 0 aliphatic heterocycles. The van der Waals surface area contributed by atoms with Gasteiger partial charge in [0.2, 0.25) is 0 Å². The van der Waals surface area contributed by atoms with Crippen molar-refractivity contribution in [1.29, 1.82) is 0 Å². The topological polar surface area (TPSA) is 90.7 Å². The van der Waals surface area contributed by atoms with Gasteiger partial charge in [0.1, 0.15) is 0 Å². The van der Waals surface area contributed by atoms with Gasteiger partial charge < -0.3 is 15.3 Å². The van der Waals surface area contributed by atoms with Crippen molar-refractivity contribution in [2.45, 2.75) is 70.5 Å². The number of aliphatic hydroxyl groups excluding tert-OH is 2. The van der Waals surface area contributed by atoms with E-state index in [9.17, 15) is 15.0 Å². The minimum absolute atomic E-state index is 0.149. The Labute approximate surface area is 179 Å². The number of nitrogens with zero attached hydrogens (tertiary/aromatic N) is 1. The number of aromatic carboxylic acids is 1. The molecule has 2 unspecified atom stereocenters. The third kappa shape index (κ3) is 8.47. The van der Waals surface area contributed by atoms with Crippen LogP contribution in [-0.2, 0) is 6.42 Å². The number of unbranched alkanes of at least 4 members (excludes halogenated alkanes) is 5. The minimum Gasteiger partial charge on any atom is -0.478 e. The van der Waals surface area contributed by atoms with Crippen LogP contribution in [0, 0.1) is 0 Å². The molecule has 2 rings (SSSR count). The second kappa shape index (κ2) is 12.9. The van der Waals surface area contributed by atoms with Gasteiger partial charge in [-0.2, -0.15) is 0 Å². The molecule has 0 aliphatic rings. The van der Waals surface area contributed by atoms with Crippen LogP contribution in [0.1, 0.15) is 85.3 Å². The van der Waals surface area contributed by atoms with Crippen LogP contribution in [0.3, 0.4) is 0 Å². The average Bonchev–Trinajstić information content (AvgIpc) is 2.75. The van der Waals surface area contributed by atoms with E-state index < -0.39 is 18.2 Å². The van der Waals surface area contributed by atoms with E-state index in [4.69, 9.17) is 5.11 Å². The summed E-state index contributed by atoms with van der Waals surface area (Å²) in [5, 5.41) is 29.7. The first-order valence-corrected chi connectivity index (χ1v) is 10.8. The van der Waals surface area contributed by atoms with E-state index in [1.54, 1.807) is 18.2 Å². The highest BCUT2D eigenvalue weighted by atomic mass is 16.4. The summed E-state index contributed by atoms with van der Waals surface area (Å²) in [5.41, 5.74) is 2.12. The number of aromatic nitrogens is 1. The molecule has 0 saturated heterocycles. The van der Waals surface area contributed by atoms with Crippen molar-refractivity contribution in [2.24, 2.45) is 0 Å². The zero-order valence-corrected chi connectivity index (χ0v) is 17.7. The maximum absolute atomic E-state index is 11.1. The molecular weight excluding hydrogens is 378 g/mol. The summed E-state index contributed by atoms with van der Waals surface area (Å²) in [6.45, 7) is 2.20. The molecule has 5 heteroatoms. The third-order valence-corrected chi connectivity index (χ3v) is 5.09. The molecule has 162 valence electrons. The molecule has 0 bridgehead atoms. The summed E-state index contributed by atoms with van der Waals surface area (Å²) in [4.78, 5) is 15.6. The lowest BCUT2D eigenvalue weighted by atomic mass is 10.0. The molecule has 0 radical (unpaired) electrons. The molecule has 3 N–H and O–H groups in total. The van der Waals surface area contributed by atoms with Gasteiger partial charge in [-0.3, -0.25) is 4.98 Å². The number of carboxylic acid groups (broad SMARTS) is 1. The summed E-state index contributed by atoms with van der Waals surface area (Å²) < 4.78 is 0. The summed E-state index contributed by atoms with van der Waals surface area (Å²) in [6.07, 6.45) is 10.5. The molecule has 2 atom stereocenters. The summed E-state index contributed by atoms with van der Waals surface area (Å²) >= 11 is 0. The highest BCUT2D eigenvalue weighted by Gasteiger charge is 2.12. The minimum atomic E-state index is -1.02. The largest absolute Gasteiger partial charge is 0.478 e. The van der Waals surface area contributed by atoms with Gasteiger partial charge in [-0.15, -0.1) is 0 Å². The van der Waals surface area contributed by atoms with Crippen molar-refractivity contribution in [3.8, 4) is 0 Å². The first-order chi connectivity index (χ1) is 14.5. The second-order valence-electron chi connectivity index (χ2n) is 7.69. The van der Waals surface area contributed by atoms with Crippen molar-refractivity contribution in [2.75, 3.05) is 0 Å². The standard InChI is InChI=1S/C25H33NO4/c1-2-3-4-5-6-7-14-23(27)16-15-21-12-9-13-22(26-21)18-24(28)19-10-8-11-20(17-19)25(29)30/h8-13,15-17,23-24,27-28H,2-7,14,18H2,1H3,(H,29,30).